The Hall–Kier alpha value is -1.58. The molecule has 1 N–H and O–H groups in total. The summed E-state index contributed by atoms with van der Waals surface area (Å²) in [5.74, 6) is 0.215. The van der Waals surface area contributed by atoms with Gasteiger partial charge < -0.3 is 0 Å². The van der Waals surface area contributed by atoms with Crippen molar-refractivity contribution in [1.82, 2.24) is 14.6 Å². The molecule has 0 saturated carbocycles. The highest BCUT2D eigenvalue weighted by Gasteiger charge is 2.18. The van der Waals surface area contributed by atoms with Crippen LogP contribution in [0.2, 0.25) is 0 Å². The SMILES string of the molecule is CC(C)c1cnc2c3c([nH]n2c1=O)CCCC3. The molecule has 2 aromatic heterocycles. The van der Waals surface area contributed by atoms with Gasteiger partial charge in [0.25, 0.3) is 5.56 Å². The first-order chi connectivity index (χ1) is 8.18. The number of nitrogens with zero attached hydrogens (tertiary/aromatic N) is 2. The second-order valence-electron chi connectivity index (χ2n) is 5.11. The highest BCUT2D eigenvalue weighted by atomic mass is 16.1. The van der Waals surface area contributed by atoms with E-state index in [1.165, 1.54) is 24.1 Å². The summed E-state index contributed by atoms with van der Waals surface area (Å²) in [5.41, 5.74) is 4.10. The first-order valence-electron chi connectivity index (χ1n) is 6.30. The third-order valence-electron chi connectivity index (χ3n) is 3.59. The van der Waals surface area contributed by atoms with E-state index in [0.29, 0.717) is 0 Å². The molecule has 1 aliphatic carbocycles. The zero-order valence-corrected chi connectivity index (χ0v) is 10.3. The van der Waals surface area contributed by atoms with Gasteiger partial charge in [-0.1, -0.05) is 13.8 Å². The van der Waals surface area contributed by atoms with Gasteiger partial charge in [0.05, 0.1) is 0 Å². The highest BCUT2D eigenvalue weighted by Crippen LogP contribution is 2.23. The van der Waals surface area contributed by atoms with Gasteiger partial charge in [0.2, 0.25) is 0 Å². The normalized spacial score (nSPS) is 15.5. The van der Waals surface area contributed by atoms with Crippen LogP contribution in [0.5, 0.6) is 0 Å². The number of aromatic amines is 1. The molecule has 0 fully saturated rings. The molecule has 0 amide bonds. The maximum Gasteiger partial charge on any atom is 0.276 e. The molecular weight excluding hydrogens is 214 g/mol. The summed E-state index contributed by atoms with van der Waals surface area (Å²) in [5, 5.41) is 3.22. The number of aromatic nitrogens is 3. The van der Waals surface area contributed by atoms with Crippen LogP contribution in [-0.2, 0) is 12.8 Å². The van der Waals surface area contributed by atoms with Crippen molar-refractivity contribution >= 4 is 5.65 Å². The Labute approximate surface area is 99.7 Å². The minimum Gasteiger partial charge on any atom is -0.293 e. The van der Waals surface area contributed by atoms with Gasteiger partial charge in [-0.05, 0) is 31.6 Å². The van der Waals surface area contributed by atoms with Crippen molar-refractivity contribution in [3.05, 3.63) is 33.4 Å². The number of hydrogen-bond acceptors (Lipinski definition) is 2. The summed E-state index contributed by atoms with van der Waals surface area (Å²) in [4.78, 5) is 16.7. The fraction of sp³-hybridized carbons (Fsp3) is 0.538. The first-order valence-corrected chi connectivity index (χ1v) is 6.30. The summed E-state index contributed by atoms with van der Waals surface area (Å²) >= 11 is 0. The Bertz CT molecular complexity index is 621. The van der Waals surface area contributed by atoms with E-state index in [-0.39, 0.29) is 11.5 Å². The summed E-state index contributed by atoms with van der Waals surface area (Å²) < 4.78 is 1.63. The van der Waals surface area contributed by atoms with Crippen LogP contribution < -0.4 is 5.56 Å². The molecule has 2 heterocycles. The van der Waals surface area contributed by atoms with Gasteiger partial charge in [0, 0.05) is 23.0 Å². The van der Waals surface area contributed by atoms with Crippen LogP contribution in [0.4, 0.5) is 0 Å². The number of aryl methyl sites for hydroxylation is 2. The molecule has 17 heavy (non-hydrogen) atoms. The minimum atomic E-state index is 0.0550. The molecule has 0 radical (unpaired) electrons. The number of rotatable bonds is 1. The lowest BCUT2D eigenvalue weighted by Crippen LogP contribution is -2.20. The van der Waals surface area contributed by atoms with E-state index in [4.69, 9.17) is 0 Å². The molecule has 0 unspecified atom stereocenters. The molecule has 0 spiro atoms. The third-order valence-corrected chi connectivity index (χ3v) is 3.59. The zero-order valence-electron chi connectivity index (χ0n) is 10.3. The average molecular weight is 231 g/mol. The Balaban J connectivity index is 2.31. The Morgan fingerprint density at radius 3 is 2.88 bits per heavy atom. The molecule has 1 aliphatic rings. The first kappa shape index (κ1) is 10.6. The van der Waals surface area contributed by atoms with Gasteiger partial charge in [-0.15, -0.1) is 0 Å². The maximum atomic E-state index is 12.3. The number of hydrogen-bond donors (Lipinski definition) is 1. The maximum absolute atomic E-state index is 12.3. The molecule has 90 valence electrons. The van der Waals surface area contributed by atoms with Crippen LogP contribution in [0.15, 0.2) is 11.0 Å². The van der Waals surface area contributed by atoms with Crippen molar-refractivity contribution in [3.8, 4) is 0 Å². The third kappa shape index (κ3) is 1.51. The van der Waals surface area contributed by atoms with Gasteiger partial charge in [-0.2, -0.15) is 0 Å². The summed E-state index contributed by atoms with van der Waals surface area (Å²) in [7, 11) is 0. The van der Waals surface area contributed by atoms with E-state index >= 15 is 0 Å². The number of nitrogens with one attached hydrogen (secondary N) is 1. The van der Waals surface area contributed by atoms with Gasteiger partial charge >= 0.3 is 0 Å². The monoisotopic (exact) mass is 231 g/mol. The van der Waals surface area contributed by atoms with Crippen LogP contribution in [0.3, 0.4) is 0 Å². The lowest BCUT2D eigenvalue weighted by molar-refractivity contribution is 0.671. The Morgan fingerprint density at radius 2 is 2.12 bits per heavy atom. The fourth-order valence-corrected chi connectivity index (χ4v) is 2.59. The van der Waals surface area contributed by atoms with E-state index < -0.39 is 0 Å². The molecule has 2 aromatic rings. The Morgan fingerprint density at radius 1 is 1.35 bits per heavy atom. The van der Waals surface area contributed by atoms with E-state index in [1.807, 2.05) is 13.8 Å². The van der Waals surface area contributed by atoms with Gasteiger partial charge in [0.15, 0.2) is 5.65 Å². The van der Waals surface area contributed by atoms with Crippen LogP contribution in [-0.4, -0.2) is 14.6 Å². The highest BCUT2D eigenvalue weighted by molar-refractivity contribution is 5.51. The largest absolute Gasteiger partial charge is 0.293 e. The molecule has 0 bridgehead atoms. The second-order valence-corrected chi connectivity index (χ2v) is 5.11. The molecule has 4 heteroatoms. The minimum absolute atomic E-state index is 0.0550. The summed E-state index contributed by atoms with van der Waals surface area (Å²) in [6, 6.07) is 0. The van der Waals surface area contributed by atoms with Crippen molar-refractivity contribution in [3.63, 3.8) is 0 Å². The van der Waals surface area contributed by atoms with Gasteiger partial charge in [-0.3, -0.25) is 9.89 Å². The molecule has 0 aliphatic heterocycles. The lowest BCUT2D eigenvalue weighted by atomic mass is 9.98. The standard InChI is InChI=1S/C13H17N3O/c1-8(2)10-7-14-12-9-5-3-4-6-11(9)15-16(12)13(10)17/h7-8,15H,3-6H2,1-2H3. The zero-order chi connectivity index (χ0) is 12.0. The molecular formula is C13H17N3O. The number of H-pyrrole nitrogens is 1. The second kappa shape index (κ2) is 3.72. The molecule has 0 saturated heterocycles. The molecule has 3 rings (SSSR count). The van der Waals surface area contributed by atoms with Gasteiger partial charge in [0.1, 0.15) is 0 Å². The van der Waals surface area contributed by atoms with Crippen molar-refractivity contribution in [2.75, 3.05) is 0 Å². The predicted molar refractivity (Wildman–Crippen MR) is 66.5 cm³/mol. The topological polar surface area (TPSA) is 50.2 Å². The molecule has 0 atom stereocenters. The average Bonchev–Trinajstić information content (AvgIpc) is 2.69. The van der Waals surface area contributed by atoms with E-state index in [9.17, 15) is 4.79 Å². The fourth-order valence-electron chi connectivity index (χ4n) is 2.59. The van der Waals surface area contributed by atoms with Crippen LogP contribution >= 0.6 is 0 Å². The van der Waals surface area contributed by atoms with Gasteiger partial charge in [-0.25, -0.2) is 9.50 Å². The Kier molecular flexibility index (Phi) is 2.31. The molecule has 4 nitrogen and oxygen atoms in total. The van der Waals surface area contributed by atoms with Crippen LogP contribution in [0.1, 0.15) is 49.4 Å². The quantitative estimate of drug-likeness (QED) is 0.816. The van der Waals surface area contributed by atoms with E-state index in [2.05, 4.69) is 10.1 Å². The lowest BCUT2D eigenvalue weighted by Gasteiger charge is -2.08. The molecule has 0 aromatic carbocycles. The van der Waals surface area contributed by atoms with Crippen molar-refractivity contribution in [2.45, 2.75) is 45.4 Å². The van der Waals surface area contributed by atoms with E-state index in [1.54, 1.807) is 10.7 Å². The van der Waals surface area contributed by atoms with E-state index in [0.717, 1.165) is 24.1 Å². The summed E-state index contributed by atoms with van der Waals surface area (Å²) in [6.45, 7) is 4.04. The van der Waals surface area contributed by atoms with Crippen LogP contribution in [0, 0.1) is 0 Å². The van der Waals surface area contributed by atoms with Crippen LogP contribution in [0.25, 0.3) is 5.65 Å². The number of fused-ring (bicyclic) bond motifs is 3. The predicted octanol–water partition coefficient (Wildman–Crippen LogP) is 2.02. The van der Waals surface area contributed by atoms with Crippen molar-refractivity contribution < 1.29 is 0 Å². The summed E-state index contributed by atoms with van der Waals surface area (Å²) in [6.07, 6.45) is 6.21. The smallest absolute Gasteiger partial charge is 0.276 e. The van der Waals surface area contributed by atoms with Crippen molar-refractivity contribution in [1.29, 1.82) is 0 Å². The van der Waals surface area contributed by atoms with Crippen molar-refractivity contribution in [2.24, 2.45) is 0 Å².